The van der Waals surface area contributed by atoms with Crippen molar-refractivity contribution in [2.45, 2.75) is 25.3 Å². The molecule has 0 aliphatic rings. The first-order valence-electron chi connectivity index (χ1n) is 2.93. The molecule has 0 aliphatic heterocycles. The molecular formula is C5H9F3O2S. The second-order valence-electron chi connectivity index (χ2n) is 2.47. The molecular weight excluding hydrogens is 181 g/mol. The van der Waals surface area contributed by atoms with Crippen LogP contribution in [0.5, 0.6) is 0 Å². The lowest BCUT2D eigenvalue weighted by Gasteiger charge is -2.09. The molecule has 0 N–H and O–H groups in total. The van der Waals surface area contributed by atoms with Crippen LogP contribution in [0.15, 0.2) is 0 Å². The van der Waals surface area contributed by atoms with E-state index in [0.717, 1.165) is 0 Å². The van der Waals surface area contributed by atoms with E-state index < -0.39 is 27.0 Å². The number of rotatable bonds is 2. The summed E-state index contributed by atoms with van der Waals surface area (Å²) >= 11 is 0. The molecule has 0 aromatic rings. The summed E-state index contributed by atoms with van der Waals surface area (Å²) in [7, 11) is -3.98. The van der Waals surface area contributed by atoms with Gasteiger partial charge < -0.3 is 0 Å². The van der Waals surface area contributed by atoms with Gasteiger partial charge in [-0.2, -0.15) is 13.2 Å². The molecule has 0 aliphatic carbocycles. The molecule has 2 nitrogen and oxygen atoms in total. The zero-order valence-corrected chi connectivity index (χ0v) is 6.96. The van der Waals surface area contributed by atoms with E-state index >= 15 is 0 Å². The van der Waals surface area contributed by atoms with Gasteiger partial charge in [-0.25, -0.2) is 8.42 Å². The topological polar surface area (TPSA) is 34.1 Å². The van der Waals surface area contributed by atoms with E-state index in [2.05, 4.69) is 0 Å². The molecule has 68 valence electrons. The van der Waals surface area contributed by atoms with Gasteiger partial charge in [-0.1, -0.05) is 0 Å². The summed E-state index contributed by atoms with van der Waals surface area (Å²) in [6, 6.07) is 0. The Bertz CT molecular complexity index is 214. The molecule has 0 unspecified atom stereocenters. The largest absolute Gasteiger partial charge is 0.402 e. The van der Waals surface area contributed by atoms with Gasteiger partial charge in [0.25, 0.3) is 0 Å². The van der Waals surface area contributed by atoms with Crippen LogP contribution in [-0.4, -0.2) is 25.6 Å². The summed E-state index contributed by atoms with van der Waals surface area (Å²) < 4.78 is 55.8. The number of sulfone groups is 1. The molecule has 0 radical (unpaired) electrons. The van der Waals surface area contributed by atoms with Crippen molar-refractivity contribution in [3.63, 3.8) is 0 Å². The summed E-state index contributed by atoms with van der Waals surface area (Å²) in [6.45, 7) is 2.45. The maximum Gasteiger partial charge on any atom is 0.402 e. The second kappa shape index (κ2) is 3.00. The van der Waals surface area contributed by atoms with Crippen molar-refractivity contribution in [2.24, 2.45) is 0 Å². The SMILES string of the molecule is CC(C)S(=O)(=O)CC(F)(F)F. The van der Waals surface area contributed by atoms with E-state index in [9.17, 15) is 21.6 Å². The van der Waals surface area contributed by atoms with E-state index in [1.165, 1.54) is 13.8 Å². The molecule has 11 heavy (non-hydrogen) atoms. The highest BCUT2D eigenvalue weighted by molar-refractivity contribution is 7.92. The number of alkyl halides is 3. The maximum absolute atomic E-state index is 11.5. The highest BCUT2D eigenvalue weighted by Crippen LogP contribution is 2.19. The first-order valence-corrected chi connectivity index (χ1v) is 4.65. The van der Waals surface area contributed by atoms with Gasteiger partial charge in [0.15, 0.2) is 9.84 Å². The maximum atomic E-state index is 11.5. The molecule has 0 amide bonds. The molecule has 0 rings (SSSR count). The summed E-state index contributed by atoms with van der Waals surface area (Å²) in [5, 5.41) is -0.968. The monoisotopic (exact) mass is 190 g/mol. The van der Waals surface area contributed by atoms with Crippen LogP contribution in [0.25, 0.3) is 0 Å². The van der Waals surface area contributed by atoms with Crippen LogP contribution < -0.4 is 0 Å². The Balaban J connectivity index is 4.40. The second-order valence-corrected chi connectivity index (χ2v) is 5.03. The third-order valence-corrected chi connectivity index (χ3v) is 3.25. The fraction of sp³-hybridized carbons (Fsp3) is 1.00. The van der Waals surface area contributed by atoms with Gasteiger partial charge in [0.2, 0.25) is 0 Å². The van der Waals surface area contributed by atoms with Gasteiger partial charge in [0.05, 0.1) is 5.25 Å². The van der Waals surface area contributed by atoms with Gasteiger partial charge in [-0.3, -0.25) is 0 Å². The van der Waals surface area contributed by atoms with E-state index in [-0.39, 0.29) is 0 Å². The van der Waals surface area contributed by atoms with Gasteiger partial charge in [-0.15, -0.1) is 0 Å². The van der Waals surface area contributed by atoms with Crippen LogP contribution in [0.1, 0.15) is 13.8 Å². The number of halogens is 3. The number of hydrogen-bond donors (Lipinski definition) is 0. The molecule has 0 aromatic heterocycles. The molecule has 0 saturated heterocycles. The highest BCUT2D eigenvalue weighted by atomic mass is 32.2. The van der Waals surface area contributed by atoms with Crippen LogP contribution in [0, 0.1) is 0 Å². The Hall–Kier alpha value is -0.260. The summed E-state index contributed by atoms with van der Waals surface area (Å²) in [5.41, 5.74) is 0. The quantitative estimate of drug-likeness (QED) is 0.659. The predicted octanol–water partition coefficient (Wildman–Crippen LogP) is 1.37. The van der Waals surface area contributed by atoms with Crippen LogP contribution in [0.3, 0.4) is 0 Å². The Morgan fingerprint density at radius 1 is 1.27 bits per heavy atom. The third-order valence-electron chi connectivity index (χ3n) is 1.08. The van der Waals surface area contributed by atoms with E-state index in [1.54, 1.807) is 0 Å². The zero-order valence-electron chi connectivity index (χ0n) is 6.14. The average Bonchev–Trinajstić information content (AvgIpc) is 1.56. The van der Waals surface area contributed by atoms with Crippen molar-refractivity contribution in [3.8, 4) is 0 Å². The Labute approximate surface area is 63.3 Å². The zero-order chi connectivity index (χ0) is 9.28. The molecule has 0 aromatic carbocycles. The number of hydrogen-bond acceptors (Lipinski definition) is 2. The Kier molecular flexibility index (Phi) is 2.93. The van der Waals surface area contributed by atoms with Gasteiger partial charge in [0.1, 0.15) is 5.75 Å². The fourth-order valence-corrected chi connectivity index (χ4v) is 1.18. The standard InChI is InChI=1S/C5H9F3O2S/c1-4(2)11(9,10)3-5(6,7)8/h4H,3H2,1-2H3. The first kappa shape index (κ1) is 10.7. The fourth-order valence-electron chi connectivity index (χ4n) is 0.395. The average molecular weight is 190 g/mol. The summed E-state index contributed by atoms with van der Waals surface area (Å²) in [5.74, 6) is -1.72. The molecule has 0 bridgehead atoms. The smallest absolute Gasteiger partial charge is 0.228 e. The van der Waals surface area contributed by atoms with Crippen molar-refractivity contribution in [1.82, 2.24) is 0 Å². The molecule has 6 heteroatoms. The minimum absolute atomic E-state index is 0.968. The lowest BCUT2D eigenvalue weighted by Crippen LogP contribution is -2.28. The van der Waals surface area contributed by atoms with Crippen molar-refractivity contribution in [2.75, 3.05) is 5.75 Å². The molecule has 0 fully saturated rings. The first-order chi connectivity index (χ1) is 4.65. The summed E-state index contributed by atoms with van der Waals surface area (Å²) in [6.07, 6.45) is -4.62. The minimum Gasteiger partial charge on any atom is -0.228 e. The predicted molar refractivity (Wildman–Crippen MR) is 35.0 cm³/mol. The lowest BCUT2D eigenvalue weighted by molar-refractivity contribution is -0.106. The third kappa shape index (κ3) is 4.23. The molecule has 0 spiro atoms. The molecule has 0 saturated carbocycles. The summed E-state index contributed by atoms with van der Waals surface area (Å²) in [4.78, 5) is 0. The van der Waals surface area contributed by atoms with Crippen molar-refractivity contribution in [3.05, 3.63) is 0 Å². The van der Waals surface area contributed by atoms with E-state index in [0.29, 0.717) is 0 Å². The van der Waals surface area contributed by atoms with Crippen LogP contribution in [-0.2, 0) is 9.84 Å². The Morgan fingerprint density at radius 2 is 1.64 bits per heavy atom. The van der Waals surface area contributed by atoms with Gasteiger partial charge >= 0.3 is 6.18 Å². The van der Waals surface area contributed by atoms with Crippen LogP contribution in [0.4, 0.5) is 13.2 Å². The highest BCUT2D eigenvalue weighted by Gasteiger charge is 2.36. The van der Waals surface area contributed by atoms with Crippen molar-refractivity contribution < 1.29 is 21.6 Å². The van der Waals surface area contributed by atoms with E-state index in [1.807, 2.05) is 0 Å². The lowest BCUT2D eigenvalue weighted by atomic mass is 10.6. The van der Waals surface area contributed by atoms with Crippen molar-refractivity contribution in [1.29, 1.82) is 0 Å². The van der Waals surface area contributed by atoms with Crippen LogP contribution in [0.2, 0.25) is 0 Å². The van der Waals surface area contributed by atoms with E-state index in [4.69, 9.17) is 0 Å². The molecule has 0 heterocycles. The van der Waals surface area contributed by atoms with Crippen molar-refractivity contribution >= 4 is 9.84 Å². The Morgan fingerprint density at radius 3 is 1.73 bits per heavy atom. The minimum atomic E-state index is -4.62. The van der Waals surface area contributed by atoms with Crippen LogP contribution >= 0.6 is 0 Å². The van der Waals surface area contributed by atoms with Gasteiger partial charge in [0, 0.05) is 0 Å². The molecule has 0 atom stereocenters. The normalized spacial score (nSPS) is 14.0. The van der Waals surface area contributed by atoms with Gasteiger partial charge in [-0.05, 0) is 13.8 Å².